The largest absolute Gasteiger partial charge is 0.490 e. The van der Waals surface area contributed by atoms with Crippen LogP contribution < -0.4 is 4.74 Å². The van der Waals surface area contributed by atoms with Crippen LogP contribution in [0.15, 0.2) is 22.7 Å². The minimum atomic E-state index is -0.747. The molecule has 0 radical (unpaired) electrons. The number of aromatic nitrogens is 1. The van der Waals surface area contributed by atoms with Crippen molar-refractivity contribution in [3.63, 3.8) is 0 Å². The monoisotopic (exact) mass is 470 g/mol. The first-order valence-corrected chi connectivity index (χ1v) is 12.2. The Morgan fingerprint density at radius 3 is 2.62 bits per heavy atom. The molecule has 8 nitrogen and oxygen atoms in total. The smallest absolute Gasteiger partial charge is 0.410 e. The number of hydrogen-bond acceptors (Lipinski definition) is 6. The van der Waals surface area contributed by atoms with Crippen LogP contribution in [-0.2, 0) is 16.1 Å². The molecule has 8 heteroatoms. The maximum absolute atomic E-state index is 12.5. The molecule has 2 saturated carbocycles. The molecule has 2 atom stereocenters. The molecule has 0 saturated heterocycles. The number of carboxylic acid groups (broad SMARTS) is 1. The first-order valence-electron chi connectivity index (χ1n) is 12.2. The molecule has 4 rings (SSSR count). The second-order valence-electron chi connectivity index (χ2n) is 9.60. The van der Waals surface area contributed by atoms with E-state index in [9.17, 15) is 14.7 Å². The van der Waals surface area contributed by atoms with Gasteiger partial charge in [0.1, 0.15) is 12.4 Å². The molecule has 1 aromatic carbocycles. The normalized spacial score (nSPS) is 20.8. The Hall–Kier alpha value is -3.03. The van der Waals surface area contributed by atoms with Crippen molar-refractivity contribution >= 4 is 12.1 Å². The summed E-state index contributed by atoms with van der Waals surface area (Å²) < 4.78 is 17.4. The Morgan fingerprint density at radius 2 is 1.91 bits per heavy atom. The van der Waals surface area contributed by atoms with Gasteiger partial charge < -0.3 is 24.0 Å². The zero-order valence-corrected chi connectivity index (χ0v) is 20.2. The predicted octanol–water partition coefficient (Wildman–Crippen LogP) is 5.49. The number of aryl methyl sites for hydroxylation is 2. The van der Waals surface area contributed by atoms with Gasteiger partial charge in [-0.1, -0.05) is 18.0 Å². The van der Waals surface area contributed by atoms with Gasteiger partial charge in [0.05, 0.1) is 23.3 Å². The highest BCUT2D eigenvalue weighted by Crippen LogP contribution is 2.33. The topological polar surface area (TPSA) is 102 Å². The second-order valence-corrected chi connectivity index (χ2v) is 9.60. The van der Waals surface area contributed by atoms with Crippen LogP contribution >= 0.6 is 0 Å². The zero-order chi connectivity index (χ0) is 24.2. The lowest BCUT2D eigenvalue weighted by Gasteiger charge is -2.28. The van der Waals surface area contributed by atoms with Gasteiger partial charge in [-0.2, -0.15) is 0 Å². The standard InChI is InChI=1S/C26H34N2O6/c1-16-13-18(11-12-23(16)33-21-10-6-7-19(14-21)25(29)30)24-22(17(2)27-34-24)15-32-26(31)28(3)20-8-4-5-9-20/h11-13,19-21H,4-10,14-15H2,1-3H3,(H,29,30)/t19-,21-/m0/s1. The summed E-state index contributed by atoms with van der Waals surface area (Å²) in [7, 11) is 1.80. The molecule has 0 unspecified atom stereocenters. The number of carbonyl (C=O) groups excluding carboxylic acids is 1. The third kappa shape index (κ3) is 5.37. The maximum Gasteiger partial charge on any atom is 0.410 e. The molecule has 2 fully saturated rings. The average molecular weight is 471 g/mol. The van der Waals surface area contributed by atoms with Crippen molar-refractivity contribution in [2.24, 2.45) is 5.92 Å². The third-order valence-corrected chi connectivity index (χ3v) is 7.19. The molecule has 2 aliphatic rings. The van der Waals surface area contributed by atoms with Crippen molar-refractivity contribution in [3.05, 3.63) is 35.0 Å². The number of carbonyl (C=O) groups is 2. The second kappa shape index (κ2) is 10.5. The van der Waals surface area contributed by atoms with E-state index in [1.807, 2.05) is 32.0 Å². The van der Waals surface area contributed by atoms with Gasteiger partial charge in [0, 0.05) is 18.7 Å². The van der Waals surface area contributed by atoms with Crippen LogP contribution in [0.3, 0.4) is 0 Å². The number of amides is 1. The van der Waals surface area contributed by atoms with E-state index in [-0.39, 0.29) is 30.8 Å². The summed E-state index contributed by atoms with van der Waals surface area (Å²) in [5, 5.41) is 13.4. The lowest BCUT2D eigenvalue weighted by Crippen LogP contribution is -2.35. The summed E-state index contributed by atoms with van der Waals surface area (Å²) in [6, 6.07) is 6.00. The molecule has 1 amide bonds. The summed E-state index contributed by atoms with van der Waals surface area (Å²) in [6.45, 7) is 3.88. The van der Waals surface area contributed by atoms with Crippen LogP contribution in [0.2, 0.25) is 0 Å². The van der Waals surface area contributed by atoms with Crippen molar-refractivity contribution in [1.29, 1.82) is 0 Å². The molecule has 1 N–H and O–H groups in total. The molecule has 1 aromatic heterocycles. The Labute approximate surface area is 200 Å². The Morgan fingerprint density at radius 1 is 1.15 bits per heavy atom. The van der Waals surface area contributed by atoms with Gasteiger partial charge >= 0.3 is 12.1 Å². The summed E-state index contributed by atoms with van der Waals surface area (Å²) in [5.74, 6) is 0.228. The average Bonchev–Trinajstić information content (AvgIpc) is 3.48. The molecule has 2 aliphatic carbocycles. The fourth-order valence-electron chi connectivity index (χ4n) is 5.04. The molecule has 34 heavy (non-hydrogen) atoms. The van der Waals surface area contributed by atoms with E-state index in [0.717, 1.165) is 61.0 Å². The fourth-order valence-corrected chi connectivity index (χ4v) is 5.04. The first kappa shape index (κ1) is 24.1. The van der Waals surface area contributed by atoms with E-state index in [1.54, 1.807) is 11.9 Å². The van der Waals surface area contributed by atoms with Gasteiger partial charge in [-0.25, -0.2) is 4.79 Å². The van der Waals surface area contributed by atoms with Crippen molar-refractivity contribution in [3.8, 4) is 17.1 Å². The Balaban J connectivity index is 1.43. The molecular weight excluding hydrogens is 436 g/mol. The van der Waals surface area contributed by atoms with Crippen molar-refractivity contribution in [1.82, 2.24) is 10.1 Å². The van der Waals surface area contributed by atoms with Crippen molar-refractivity contribution < 1.29 is 28.7 Å². The molecule has 0 spiro atoms. The predicted molar refractivity (Wildman–Crippen MR) is 126 cm³/mol. The van der Waals surface area contributed by atoms with Gasteiger partial charge in [0.2, 0.25) is 0 Å². The minimum Gasteiger partial charge on any atom is -0.490 e. The summed E-state index contributed by atoms with van der Waals surface area (Å²) in [6.07, 6.45) is 6.87. The van der Waals surface area contributed by atoms with Crippen LogP contribution in [0.1, 0.15) is 68.2 Å². The quantitative estimate of drug-likeness (QED) is 0.571. The Bertz CT molecular complexity index is 1030. The third-order valence-electron chi connectivity index (χ3n) is 7.19. The van der Waals surface area contributed by atoms with E-state index < -0.39 is 5.97 Å². The highest BCUT2D eigenvalue weighted by Gasteiger charge is 2.29. The lowest BCUT2D eigenvalue weighted by atomic mass is 9.87. The first-order chi connectivity index (χ1) is 16.3. The lowest BCUT2D eigenvalue weighted by molar-refractivity contribution is -0.143. The number of hydrogen-bond donors (Lipinski definition) is 1. The van der Waals surface area contributed by atoms with Crippen LogP contribution in [0.25, 0.3) is 11.3 Å². The summed E-state index contributed by atoms with van der Waals surface area (Å²) in [5.41, 5.74) is 3.18. The van der Waals surface area contributed by atoms with Crippen LogP contribution in [0, 0.1) is 19.8 Å². The van der Waals surface area contributed by atoms with Crippen LogP contribution in [0.5, 0.6) is 5.75 Å². The van der Waals surface area contributed by atoms with E-state index in [4.69, 9.17) is 14.0 Å². The number of benzene rings is 1. The molecule has 0 aliphatic heterocycles. The van der Waals surface area contributed by atoms with Crippen LogP contribution in [-0.4, -0.2) is 46.4 Å². The molecule has 2 aromatic rings. The SMILES string of the molecule is Cc1cc(-c2onc(C)c2COC(=O)N(C)C2CCCC2)ccc1O[C@H]1CCC[C@H](C(=O)O)C1. The number of carboxylic acids is 1. The molecule has 184 valence electrons. The zero-order valence-electron chi connectivity index (χ0n) is 20.2. The van der Waals surface area contributed by atoms with Gasteiger partial charge in [-0.05, 0) is 76.1 Å². The maximum atomic E-state index is 12.5. The van der Waals surface area contributed by atoms with Crippen molar-refractivity contribution in [2.45, 2.75) is 84.0 Å². The number of nitrogens with zero attached hydrogens (tertiary/aromatic N) is 2. The number of rotatable bonds is 7. The molecular formula is C26H34N2O6. The summed E-state index contributed by atoms with van der Waals surface area (Å²) >= 11 is 0. The highest BCUT2D eigenvalue weighted by atomic mass is 16.6. The fraction of sp³-hybridized carbons (Fsp3) is 0.577. The van der Waals surface area contributed by atoms with Crippen LogP contribution in [0.4, 0.5) is 4.79 Å². The van der Waals surface area contributed by atoms with E-state index in [2.05, 4.69) is 5.16 Å². The number of ether oxygens (including phenoxy) is 2. The highest BCUT2D eigenvalue weighted by molar-refractivity contribution is 5.70. The van der Waals surface area contributed by atoms with E-state index >= 15 is 0 Å². The van der Waals surface area contributed by atoms with Gasteiger partial charge in [0.25, 0.3) is 0 Å². The van der Waals surface area contributed by atoms with E-state index in [1.165, 1.54) is 0 Å². The summed E-state index contributed by atoms with van der Waals surface area (Å²) in [4.78, 5) is 25.6. The minimum absolute atomic E-state index is 0.0938. The van der Waals surface area contributed by atoms with Gasteiger partial charge in [-0.3, -0.25) is 4.79 Å². The van der Waals surface area contributed by atoms with Crippen molar-refractivity contribution in [2.75, 3.05) is 7.05 Å². The molecule has 1 heterocycles. The Kier molecular flexibility index (Phi) is 7.44. The number of aliphatic carboxylic acids is 1. The van der Waals surface area contributed by atoms with Gasteiger partial charge in [-0.15, -0.1) is 0 Å². The van der Waals surface area contributed by atoms with E-state index in [0.29, 0.717) is 24.3 Å². The van der Waals surface area contributed by atoms with Gasteiger partial charge in [0.15, 0.2) is 5.76 Å². The molecule has 0 bridgehead atoms.